The minimum Gasteiger partial charge on any atom is -0.295 e. The van der Waals surface area contributed by atoms with Gasteiger partial charge in [0.2, 0.25) is 0 Å². The molecule has 0 unspecified atom stereocenters. The van der Waals surface area contributed by atoms with Crippen LogP contribution in [0.1, 0.15) is 18.4 Å². The first-order chi connectivity index (χ1) is 6.25. The van der Waals surface area contributed by atoms with Crippen LogP contribution in [0.3, 0.4) is 0 Å². The summed E-state index contributed by atoms with van der Waals surface area (Å²) in [5.74, 6) is 0.227. The number of ketones is 1. The van der Waals surface area contributed by atoms with E-state index in [0.29, 0.717) is 6.42 Å². The van der Waals surface area contributed by atoms with E-state index in [1.54, 1.807) is 6.08 Å². The first-order valence-corrected chi connectivity index (χ1v) is 4.63. The van der Waals surface area contributed by atoms with Crippen LogP contribution in [0.5, 0.6) is 0 Å². The van der Waals surface area contributed by atoms with Gasteiger partial charge in [-0.1, -0.05) is 23.7 Å². The quantitative estimate of drug-likeness (QED) is 0.669. The van der Waals surface area contributed by atoms with Crippen molar-refractivity contribution in [2.75, 3.05) is 0 Å². The molecule has 0 N–H and O–H groups in total. The molecule has 0 atom stereocenters. The fourth-order valence-corrected chi connectivity index (χ4v) is 1.61. The van der Waals surface area contributed by atoms with Gasteiger partial charge < -0.3 is 0 Å². The van der Waals surface area contributed by atoms with Gasteiger partial charge in [0.05, 0.1) is 0 Å². The molecule has 1 aromatic rings. The summed E-state index contributed by atoms with van der Waals surface area (Å²) in [6, 6.07) is 7.60. The molecule has 0 fully saturated rings. The monoisotopic (exact) mass is 192 g/mol. The largest absolute Gasteiger partial charge is 0.295 e. The van der Waals surface area contributed by atoms with E-state index in [4.69, 9.17) is 11.6 Å². The molecule has 0 saturated carbocycles. The minimum atomic E-state index is 0.227. The van der Waals surface area contributed by atoms with Crippen molar-refractivity contribution in [1.82, 2.24) is 0 Å². The highest BCUT2D eigenvalue weighted by Gasteiger charge is 2.12. The maximum Gasteiger partial charge on any atom is 0.156 e. The van der Waals surface area contributed by atoms with Crippen molar-refractivity contribution >= 4 is 23.0 Å². The molecule has 0 aromatic heterocycles. The molecule has 0 radical (unpaired) electrons. The maximum absolute atomic E-state index is 11.0. The molecular formula is C11H9ClO. The SMILES string of the molecule is O=C1C=C(c2ccc(Cl)cc2)CC1. The lowest BCUT2D eigenvalue weighted by Crippen LogP contribution is -1.80. The second-order valence-electron chi connectivity index (χ2n) is 3.14. The van der Waals surface area contributed by atoms with Crippen LogP contribution in [0.4, 0.5) is 0 Å². The van der Waals surface area contributed by atoms with E-state index in [1.165, 1.54) is 0 Å². The third kappa shape index (κ3) is 1.81. The molecular weight excluding hydrogens is 184 g/mol. The van der Waals surface area contributed by atoms with E-state index >= 15 is 0 Å². The topological polar surface area (TPSA) is 17.1 Å². The molecule has 1 aromatic carbocycles. The van der Waals surface area contributed by atoms with Crippen LogP contribution in [0.2, 0.25) is 5.02 Å². The lowest BCUT2D eigenvalue weighted by molar-refractivity contribution is -0.114. The van der Waals surface area contributed by atoms with Gasteiger partial charge in [-0.2, -0.15) is 0 Å². The number of hydrogen-bond acceptors (Lipinski definition) is 1. The minimum absolute atomic E-state index is 0.227. The summed E-state index contributed by atoms with van der Waals surface area (Å²) in [6.07, 6.45) is 3.24. The van der Waals surface area contributed by atoms with Crippen molar-refractivity contribution in [3.8, 4) is 0 Å². The second-order valence-corrected chi connectivity index (χ2v) is 3.58. The van der Waals surface area contributed by atoms with E-state index in [-0.39, 0.29) is 5.78 Å². The Hall–Kier alpha value is -1.08. The highest BCUT2D eigenvalue weighted by Crippen LogP contribution is 2.26. The standard InChI is InChI=1S/C11H9ClO/c12-10-4-1-8(2-5-10)9-3-6-11(13)7-9/h1-2,4-5,7H,3,6H2. The predicted molar refractivity (Wildman–Crippen MR) is 53.7 cm³/mol. The van der Waals surface area contributed by atoms with Gasteiger partial charge in [0, 0.05) is 11.4 Å². The molecule has 2 heteroatoms. The number of carbonyl (C=O) groups excluding carboxylic acids is 1. The summed E-state index contributed by atoms with van der Waals surface area (Å²) in [5, 5.41) is 0.730. The van der Waals surface area contributed by atoms with E-state index in [0.717, 1.165) is 22.6 Å². The van der Waals surface area contributed by atoms with Crippen LogP contribution in [0.25, 0.3) is 5.57 Å². The van der Waals surface area contributed by atoms with Gasteiger partial charge in [0.15, 0.2) is 5.78 Å². The Bertz CT molecular complexity index is 362. The third-order valence-corrected chi connectivity index (χ3v) is 2.44. The van der Waals surface area contributed by atoms with Crippen molar-refractivity contribution < 1.29 is 4.79 Å². The van der Waals surface area contributed by atoms with Gasteiger partial charge >= 0.3 is 0 Å². The Morgan fingerprint density at radius 3 is 2.31 bits per heavy atom. The average Bonchev–Trinajstić information content (AvgIpc) is 2.53. The Kier molecular flexibility index (Phi) is 2.19. The van der Waals surface area contributed by atoms with Gasteiger partial charge in [-0.05, 0) is 35.8 Å². The highest BCUT2D eigenvalue weighted by atomic mass is 35.5. The van der Waals surface area contributed by atoms with E-state index in [9.17, 15) is 4.79 Å². The number of rotatable bonds is 1. The Morgan fingerprint density at radius 2 is 1.77 bits per heavy atom. The summed E-state index contributed by atoms with van der Waals surface area (Å²) in [6.45, 7) is 0. The van der Waals surface area contributed by atoms with Gasteiger partial charge in [-0.25, -0.2) is 0 Å². The molecule has 0 saturated heterocycles. The predicted octanol–water partition coefficient (Wildman–Crippen LogP) is 3.09. The smallest absolute Gasteiger partial charge is 0.156 e. The van der Waals surface area contributed by atoms with Crippen LogP contribution in [0.15, 0.2) is 30.3 Å². The molecule has 0 amide bonds. The van der Waals surface area contributed by atoms with Crippen LogP contribution in [-0.2, 0) is 4.79 Å². The molecule has 0 aliphatic heterocycles. The molecule has 0 spiro atoms. The number of carbonyl (C=O) groups is 1. The summed E-state index contributed by atoms with van der Waals surface area (Å²) in [5.41, 5.74) is 2.23. The van der Waals surface area contributed by atoms with Gasteiger partial charge in [-0.3, -0.25) is 4.79 Å². The van der Waals surface area contributed by atoms with E-state index in [2.05, 4.69) is 0 Å². The summed E-state index contributed by atoms with van der Waals surface area (Å²) < 4.78 is 0. The van der Waals surface area contributed by atoms with Gasteiger partial charge in [0.25, 0.3) is 0 Å². The highest BCUT2D eigenvalue weighted by molar-refractivity contribution is 6.30. The molecule has 2 rings (SSSR count). The van der Waals surface area contributed by atoms with Gasteiger partial charge in [0.1, 0.15) is 0 Å². The van der Waals surface area contributed by atoms with E-state index in [1.807, 2.05) is 24.3 Å². The zero-order valence-electron chi connectivity index (χ0n) is 7.09. The number of halogens is 1. The van der Waals surface area contributed by atoms with Crippen LogP contribution >= 0.6 is 11.6 Å². The zero-order valence-corrected chi connectivity index (χ0v) is 7.84. The molecule has 0 bridgehead atoms. The Morgan fingerprint density at radius 1 is 1.08 bits per heavy atom. The van der Waals surface area contributed by atoms with Crippen molar-refractivity contribution in [3.63, 3.8) is 0 Å². The Balaban J connectivity index is 2.31. The van der Waals surface area contributed by atoms with E-state index < -0.39 is 0 Å². The summed E-state index contributed by atoms with van der Waals surface area (Å²) in [4.78, 5) is 11.0. The zero-order chi connectivity index (χ0) is 9.26. The van der Waals surface area contributed by atoms with Crippen molar-refractivity contribution in [3.05, 3.63) is 40.9 Å². The average molecular weight is 193 g/mol. The van der Waals surface area contributed by atoms with Crippen molar-refractivity contribution in [1.29, 1.82) is 0 Å². The fraction of sp³-hybridized carbons (Fsp3) is 0.182. The van der Waals surface area contributed by atoms with Crippen molar-refractivity contribution in [2.24, 2.45) is 0 Å². The van der Waals surface area contributed by atoms with Crippen LogP contribution in [0, 0.1) is 0 Å². The molecule has 13 heavy (non-hydrogen) atoms. The fourth-order valence-electron chi connectivity index (χ4n) is 1.49. The number of benzene rings is 1. The van der Waals surface area contributed by atoms with Crippen molar-refractivity contribution in [2.45, 2.75) is 12.8 Å². The van der Waals surface area contributed by atoms with Crippen LogP contribution < -0.4 is 0 Å². The molecule has 1 aliphatic carbocycles. The molecule has 0 heterocycles. The first-order valence-electron chi connectivity index (χ1n) is 4.25. The maximum atomic E-state index is 11.0. The number of allylic oxidation sites excluding steroid dienone is 2. The summed E-state index contributed by atoms with van der Waals surface area (Å²) >= 11 is 5.76. The summed E-state index contributed by atoms with van der Waals surface area (Å²) in [7, 11) is 0. The lowest BCUT2D eigenvalue weighted by atomic mass is 10.1. The molecule has 66 valence electrons. The lowest BCUT2D eigenvalue weighted by Gasteiger charge is -2.00. The van der Waals surface area contributed by atoms with Crippen LogP contribution in [-0.4, -0.2) is 5.78 Å². The number of hydrogen-bond donors (Lipinski definition) is 0. The second kappa shape index (κ2) is 3.35. The molecule has 1 nitrogen and oxygen atoms in total. The third-order valence-electron chi connectivity index (χ3n) is 2.19. The normalized spacial score (nSPS) is 16.1. The first kappa shape index (κ1) is 8.52. The Labute approximate surface area is 82.0 Å². The molecule has 1 aliphatic rings. The van der Waals surface area contributed by atoms with Gasteiger partial charge in [-0.15, -0.1) is 0 Å².